The lowest BCUT2D eigenvalue weighted by Gasteiger charge is -2.04. The Kier molecular flexibility index (Phi) is 5.13. The monoisotopic (exact) mass is 331 g/mol. The minimum Gasteiger partial charge on any atom is -0.361 e. The largest absolute Gasteiger partial charge is 0.361 e. The number of fused-ring (bicyclic) bond motifs is 2. The van der Waals surface area contributed by atoms with Crippen LogP contribution in [0.1, 0.15) is 50.8 Å². The van der Waals surface area contributed by atoms with Gasteiger partial charge in [0.2, 0.25) is 0 Å². The summed E-state index contributed by atoms with van der Waals surface area (Å²) in [5.41, 5.74) is 5.63. The molecule has 0 bridgehead atoms. The summed E-state index contributed by atoms with van der Waals surface area (Å²) in [4.78, 5) is 12.1. The highest BCUT2D eigenvalue weighted by molar-refractivity contribution is 5.80. The molecule has 128 valence electrons. The molecule has 0 fully saturated rings. The number of para-hydroxylation sites is 2. The number of aromatic amines is 1. The number of hydrogen-bond donors (Lipinski definition) is 1. The second kappa shape index (κ2) is 7.47. The van der Waals surface area contributed by atoms with Crippen molar-refractivity contribution in [3.63, 3.8) is 0 Å². The first-order valence-corrected chi connectivity index (χ1v) is 8.83. The molecule has 4 aromatic rings. The maximum atomic E-state index is 4.51. The van der Waals surface area contributed by atoms with E-state index in [2.05, 4.69) is 66.9 Å². The number of aromatic nitrogens is 3. The van der Waals surface area contributed by atoms with Crippen LogP contribution in [-0.2, 0) is 0 Å². The van der Waals surface area contributed by atoms with Gasteiger partial charge in [-0.3, -0.25) is 4.98 Å². The molecule has 2 aromatic carbocycles. The van der Waals surface area contributed by atoms with Crippen molar-refractivity contribution in [2.45, 2.75) is 39.5 Å². The Morgan fingerprint density at radius 1 is 0.840 bits per heavy atom. The predicted molar refractivity (Wildman–Crippen MR) is 106 cm³/mol. The van der Waals surface area contributed by atoms with Crippen molar-refractivity contribution >= 4 is 21.9 Å². The van der Waals surface area contributed by atoms with Crippen LogP contribution < -0.4 is 0 Å². The van der Waals surface area contributed by atoms with Crippen LogP contribution in [0.3, 0.4) is 0 Å². The molecule has 0 aliphatic heterocycles. The van der Waals surface area contributed by atoms with Gasteiger partial charge in [0.1, 0.15) is 0 Å². The fourth-order valence-electron chi connectivity index (χ4n) is 2.67. The molecule has 1 N–H and O–H groups in total. The fourth-order valence-corrected chi connectivity index (χ4v) is 2.67. The van der Waals surface area contributed by atoms with E-state index in [1.165, 1.54) is 16.5 Å². The average molecular weight is 331 g/mol. The van der Waals surface area contributed by atoms with Gasteiger partial charge in [0.25, 0.3) is 0 Å². The molecular formula is C22H25N3. The summed E-state index contributed by atoms with van der Waals surface area (Å²) in [6.45, 7) is 8.67. The van der Waals surface area contributed by atoms with Crippen molar-refractivity contribution in [2.24, 2.45) is 0 Å². The predicted octanol–water partition coefficient (Wildman–Crippen LogP) is 6.04. The Hall–Kier alpha value is -2.68. The van der Waals surface area contributed by atoms with Crippen molar-refractivity contribution in [1.82, 2.24) is 15.0 Å². The molecule has 0 saturated carbocycles. The van der Waals surface area contributed by atoms with Crippen molar-refractivity contribution in [3.8, 4) is 0 Å². The Bertz CT molecular complexity index is 967. The van der Waals surface area contributed by atoms with E-state index in [9.17, 15) is 0 Å². The van der Waals surface area contributed by atoms with Gasteiger partial charge in [-0.1, -0.05) is 52.0 Å². The summed E-state index contributed by atoms with van der Waals surface area (Å²) in [5, 5.41) is 1.29. The zero-order valence-corrected chi connectivity index (χ0v) is 15.3. The summed E-state index contributed by atoms with van der Waals surface area (Å²) in [6, 6.07) is 16.6. The van der Waals surface area contributed by atoms with E-state index in [0.717, 1.165) is 16.7 Å². The molecule has 0 unspecified atom stereocenters. The van der Waals surface area contributed by atoms with E-state index in [1.54, 1.807) is 0 Å². The molecule has 25 heavy (non-hydrogen) atoms. The van der Waals surface area contributed by atoms with Crippen molar-refractivity contribution in [1.29, 1.82) is 0 Å². The van der Waals surface area contributed by atoms with Crippen LogP contribution in [0.4, 0.5) is 0 Å². The van der Waals surface area contributed by atoms with Gasteiger partial charge in [-0.05, 0) is 47.1 Å². The van der Waals surface area contributed by atoms with Crippen LogP contribution in [0.15, 0.2) is 60.9 Å². The highest BCUT2D eigenvalue weighted by atomic mass is 14.8. The molecule has 0 radical (unpaired) electrons. The number of rotatable bonds is 2. The van der Waals surface area contributed by atoms with Crippen molar-refractivity contribution < 1.29 is 0 Å². The number of nitrogens with zero attached hydrogens (tertiary/aromatic N) is 2. The smallest absolute Gasteiger partial charge is 0.0890 e. The second-order valence-electron chi connectivity index (χ2n) is 6.92. The van der Waals surface area contributed by atoms with E-state index < -0.39 is 0 Å². The van der Waals surface area contributed by atoms with Gasteiger partial charge < -0.3 is 4.98 Å². The van der Waals surface area contributed by atoms with Crippen LogP contribution in [0.5, 0.6) is 0 Å². The van der Waals surface area contributed by atoms with E-state index in [4.69, 9.17) is 0 Å². The van der Waals surface area contributed by atoms with Gasteiger partial charge in [0.15, 0.2) is 0 Å². The van der Waals surface area contributed by atoms with E-state index in [-0.39, 0.29) is 0 Å². The zero-order valence-electron chi connectivity index (χ0n) is 15.3. The highest BCUT2D eigenvalue weighted by Crippen LogP contribution is 2.19. The van der Waals surface area contributed by atoms with E-state index in [0.29, 0.717) is 11.8 Å². The van der Waals surface area contributed by atoms with Gasteiger partial charge in [-0.15, -0.1) is 0 Å². The molecule has 0 aliphatic rings. The topological polar surface area (TPSA) is 41.6 Å². The minimum atomic E-state index is 0.442. The summed E-state index contributed by atoms with van der Waals surface area (Å²) in [6.07, 6.45) is 3.84. The van der Waals surface area contributed by atoms with Gasteiger partial charge in [-0.25, -0.2) is 4.98 Å². The number of hydrogen-bond acceptors (Lipinski definition) is 2. The summed E-state index contributed by atoms with van der Waals surface area (Å²) >= 11 is 0. The molecular weight excluding hydrogens is 306 g/mol. The zero-order chi connectivity index (χ0) is 17.8. The van der Waals surface area contributed by atoms with Gasteiger partial charge in [0.05, 0.1) is 16.7 Å². The van der Waals surface area contributed by atoms with Crippen molar-refractivity contribution in [2.75, 3.05) is 0 Å². The first kappa shape index (κ1) is 17.2. The third-order valence-electron chi connectivity index (χ3n) is 4.30. The Morgan fingerprint density at radius 3 is 2.32 bits per heavy atom. The molecule has 4 rings (SSSR count). The number of H-pyrrole nitrogens is 1. The van der Waals surface area contributed by atoms with E-state index >= 15 is 0 Å². The fraction of sp³-hybridized carbons (Fsp3) is 0.273. The van der Waals surface area contributed by atoms with Gasteiger partial charge in [0, 0.05) is 17.9 Å². The number of benzene rings is 2. The molecule has 3 nitrogen and oxygen atoms in total. The maximum Gasteiger partial charge on any atom is 0.0890 e. The molecule has 0 spiro atoms. The SMILES string of the molecule is CC(C)c1ccc2cc[nH]c2c1.CC(C)c1cnc2ccccc2n1. The second-order valence-corrected chi connectivity index (χ2v) is 6.92. The lowest BCUT2D eigenvalue weighted by Crippen LogP contribution is -1.94. The Labute approximate surface area is 149 Å². The lowest BCUT2D eigenvalue weighted by molar-refractivity contribution is 0.822. The maximum absolute atomic E-state index is 4.51. The molecule has 0 aliphatic carbocycles. The average Bonchev–Trinajstić information content (AvgIpc) is 3.09. The number of nitrogens with one attached hydrogen (secondary N) is 1. The van der Waals surface area contributed by atoms with Crippen molar-refractivity contribution in [3.05, 3.63) is 72.2 Å². The third-order valence-corrected chi connectivity index (χ3v) is 4.30. The summed E-state index contributed by atoms with van der Waals surface area (Å²) in [7, 11) is 0. The molecule has 3 heteroatoms. The first-order valence-electron chi connectivity index (χ1n) is 8.83. The lowest BCUT2D eigenvalue weighted by atomic mass is 10.0. The highest BCUT2D eigenvalue weighted by Gasteiger charge is 2.02. The Balaban J connectivity index is 0.000000146. The molecule has 0 saturated heterocycles. The Morgan fingerprint density at radius 2 is 1.60 bits per heavy atom. The van der Waals surface area contributed by atoms with Crippen LogP contribution in [0.25, 0.3) is 21.9 Å². The first-order chi connectivity index (χ1) is 12.0. The summed E-state index contributed by atoms with van der Waals surface area (Å²) < 4.78 is 0. The van der Waals surface area contributed by atoms with Crippen LogP contribution in [0, 0.1) is 0 Å². The van der Waals surface area contributed by atoms with Gasteiger partial charge >= 0.3 is 0 Å². The molecule has 2 heterocycles. The summed E-state index contributed by atoms with van der Waals surface area (Å²) in [5.74, 6) is 1.05. The third kappa shape index (κ3) is 4.05. The normalized spacial score (nSPS) is 11.1. The van der Waals surface area contributed by atoms with E-state index in [1.807, 2.05) is 36.7 Å². The quantitative estimate of drug-likeness (QED) is 0.486. The van der Waals surface area contributed by atoms with Gasteiger partial charge in [-0.2, -0.15) is 0 Å². The molecule has 0 amide bonds. The van der Waals surface area contributed by atoms with Crippen LogP contribution in [0.2, 0.25) is 0 Å². The standard InChI is InChI=1S/C11H12N2.C11H13N/c1-8(2)11-7-12-9-5-3-4-6-10(9)13-11;1-8(2)10-4-3-9-5-6-12-11(9)7-10/h3-8H,1-2H3;3-8,12H,1-2H3. The minimum absolute atomic E-state index is 0.442. The van der Waals surface area contributed by atoms with Crippen LogP contribution >= 0.6 is 0 Å². The van der Waals surface area contributed by atoms with Crippen LogP contribution in [-0.4, -0.2) is 15.0 Å². The molecule has 0 atom stereocenters. The molecule has 2 aromatic heterocycles.